The lowest BCUT2D eigenvalue weighted by atomic mass is 9.74. The molecule has 2 aliphatic carbocycles. The molecule has 4 rings (SSSR count). The zero-order valence-corrected chi connectivity index (χ0v) is 31.1. The van der Waals surface area contributed by atoms with Gasteiger partial charge in [0.2, 0.25) is 0 Å². The molecular formula is C40H61N7O. The molecule has 2 aliphatic rings. The van der Waals surface area contributed by atoms with Gasteiger partial charge in [-0.15, -0.1) is 0 Å². The molecule has 2 aromatic rings. The van der Waals surface area contributed by atoms with Gasteiger partial charge in [-0.2, -0.15) is 5.26 Å². The van der Waals surface area contributed by atoms with Crippen LogP contribution < -0.4 is 21.1 Å². The number of pyridine rings is 1. The Bertz CT molecular complexity index is 1420. The second-order valence-electron chi connectivity index (χ2n) is 11.5. The average Bonchev–Trinajstić information content (AvgIpc) is 3.89. The summed E-state index contributed by atoms with van der Waals surface area (Å²) < 4.78 is 5.57. The molecule has 0 bridgehead atoms. The lowest BCUT2D eigenvalue weighted by Crippen LogP contribution is -2.23. The smallest absolute Gasteiger partial charge is 0.150 e. The van der Waals surface area contributed by atoms with E-state index in [9.17, 15) is 0 Å². The van der Waals surface area contributed by atoms with Crippen LogP contribution in [-0.4, -0.2) is 30.7 Å². The highest BCUT2D eigenvalue weighted by Gasteiger charge is 2.25. The van der Waals surface area contributed by atoms with Crippen molar-refractivity contribution in [1.82, 2.24) is 10.3 Å². The quantitative estimate of drug-likeness (QED) is 0.0979. The van der Waals surface area contributed by atoms with E-state index in [1.165, 1.54) is 38.2 Å². The lowest BCUT2D eigenvalue weighted by molar-refractivity contribution is 0.210. The van der Waals surface area contributed by atoms with E-state index in [-0.39, 0.29) is 11.5 Å². The van der Waals surface area contributed by atoms with Crippen molar-refractivity contribution in [2.75, 3.05) is 19.5 Å². The maximum absolute atomic E-state index is 8.70. The highest BCUT2D eigenvalue weighted by Crippen LogP contribution is 2.36. The van der Waals surface area contributed by atoms with Gasteiger partial charge >= 0.3 is 0 Å². The van der Waals surface area contributed by atoms with Crippen molar-refractivity contribution in [3.63, 3.8) is 0 Å². The Morgan fingerprint density at radius 2 is 1.73 bits per heavy atom. The number of ether oxygens (including phenoxy) is 1. The standard InChI is InChI=1S/C18H24N4O.C12H14N2.C5H9N.C3H8.C2H6/c1-5-8-13(6-2)14-9-7-10-15(18(14)23-4)22-16(12(3)19)11-17(20)21;1-9-5-10(6-9)7-11-3-2-4-12(8-13)14-11;1-6-4-5-2-3-5;1-3-2;1-2/h5-11,19,22H,1-4H3,(H3,20,21);2-4,9-10H,5-7H2,1H3;4,6H,2-3H2,1H3;3H2,1-2H3;1-2H3/b8-5-,13-6+,16-11+,19-12?;;;;. The molecule has 0 atom stereocenters. The summed E-state index contributed by atoms with van der Waals surface area (Å²) in [5, 5.41) is 30.0. The van der Waals surface area contributed by atoms with Crippen LogP contribution in [0.1, 0.15) is 104 Å². The van der Waals surface area contributed by atoms with Crippen molar-refractivity contribution in [2.24, 2.45) is 17.6 Å². The van der Waals surface area contributed by atoms with Crippen LogP contribution in [0.15, 0.2) is 78.2 Å². The molecule has 0 aliphatic heterocycles. The summed E-state index contributed by atoms with van der Waals surface area (Å²) in [6, 6.07) is 13.5. The molecule has 2 saturated carbocycles. The largest absolute Gasteiger partial charge is 0.494 e. The first-order valence-corrected chi connectivity index (χ1v) is 17.1. The molecule has 1 heterocycles. The van der Waals surface area contributed by atoms with Crippen LogP contribution in [0.4, 0.5) is 5.69 Å². The van der Waals surface area contributed by atoms with Crippen LogP contribution in [-0.2, 0) is 6.42 Å². The second kappa shape index (κ2) is 25.4. The molecule has 2 fully saturated rings. The van der Waals surface area contributed by atoms with Crippen molar-refractivity contribution in [1.29, 1.82) is 16.1 Å². The molecule has 0 spiro atoms. The van der Waals surface area contributed by atoms with Gasteiger partial charge in [-0.25, -0.2) is 4.98 Å². The summed E-state index contributed by atoms with van der Waals surface area (Å²) in [7, 11) is 3.55. The number of hydrogen-bond donors (Lipinski definition) is 5. The minimum Gasteiger partial charge on any atom is -0.494 e. The molecule has 0 amide bonds. The summed E-state index contributed by atoms with van der Waals surface area (Å²) in [4.78, 5) is 4.28. The fourth-order valence-corrected chi connectivity index (χ4v) is 4.75. The van der Waals surface area contributed by atoms with Gasteiger partial charge in [0.1, 0.15) is 23.3 Å². The van der Waals surface area contributed by atoms with E-state index in [1.807, 2.05) is 83.3 Å². The van der Waals surface area contributed by atoms with Gasteiger partial charge in [-0.3, -0.25) is 5.41 Å². The van der Waals surface area contributed by atoms with E-state index in [4.69, 9.17) is 26.6 Å². The fourth-order valence-electron chi connectivity index (χ4n) is 4.75. The zero-order chi connectivity index (χ0) is 36.5. The monoisotopic (exact) mass is 655 g/mol. The third-order valence-electron chi connectivity index (χ3n) is 6.94. The van der Waals surface area contributed by atoms with E-state index >= 15 is 0 Å². The van der Waals surface area contributed by atoms with Gasteiger partial charge in [0.15, 0.2) is 0 Å². The molecule has 0 radical (unpaired) electrons. The maximum atomic E-state index is 8.70. The van der Waals surface area contributed by atoms with E-state index in [0.29, 0.717) is 22.8 Å². The molecule has 0 saturated heterocycles. The number of nitrogens with two attached hydrogens (primary N) is 1. The maximum Gasteiger partial charge on any atom is 0.150 e. The summed E-state index contributed by atoms with van der Waals surface area (Å²) in [6.07, 6.45) is 17.0. The summed E-state index contributed by atoms with van der Waals surface area (Å²) in [6.45, 7) is 16.1. The van der Waals surface area contributed by atoms with Crippen LogP contribution in [0, 0.1) is 34.0 Å². The Hall–Kier alpha value is -4.64. The summed E-state index contributed by atoms with van der Waals surface area (Å²) in [5.41, 5.74) is 12.0. The number of methoxy groups -OCH3 is 1. The van der Waals surface area contributed by atoms with Crippen molar-refractivity contribution in [3.8, 4) is 11.8 Å². The van der Waals surface area contributed by atoms with Gasteiger partial charge in [-0.05, 0) is 94.7 Å². The van der Waals surface area contributed by atoms with Crippen LogP contribution in [0.25, 0.3) is 5.57 Å². The van der Waals surface area contributed by atoms with Crippen LogP contribution in [0.2, 0.25) is 0 Å². The lowest BCUT2D eigenvalue weighted by Gasteiger charge is -2.32. The number of benzene rings is 1. The molecule has 48 heavy (non-hydrogen) atoms. The minimum absolute atomic E-state index is 0.114. The molecule has 8 heteroatoms. The Morgan fingerprint density at radius 1 is 1.10 bits per heavy atom. The first kappa shape index (κ1) is 43.4. The van der Waals surface area contributed by atoms with Gasteiger partial charge in [0.25, 0.3) is 0 Å². The molecule has 1 aromatic heterocycles. The summed E-state index contributed by atoms with van der Waals surface area (Å²) >= 11 is 0. The second-order valence-corrected chi connectivity index (χ2v) is 11.5. The van der Waals surface area contributed by atoms with Crippen LogP contribution in [0.5, 0.6) is 5.75 Å². The number of rotatable bonds is 10. The Labute approximate surface area is 291 Å². The third-order valence-corrected chi connectivity index (χ3v) is 6.94. The van der Waals surface area contributed by atoms with Gasteiger partial charge < -0.3 is 26.5 Å². The molecular weight excluding hydrogens is 594 g/mol. The van der Waals surface area contributed by atoms with Crippen molar-refractivity contribution < 1.29 is 4.74 Å². The Morgan fingerprint density at radius 3 is 2.17 bits per heavy atom. The summed E-state index contributed by atoms with van der Waals surface area (Å²) in [5.74, 6) is 2.25. The van der Waals surface area contributed by atoms with E-state index in [2.05, 4.69) is 48.7 Å². The van der Waals surface area contributed by atoms with Crippen LogP contribution >= 0.6 is 0 Å². The number of para-hydroxylation sites is 1. The van der Waals surface area contributed by atoms with E-state index in [0.717, 1.165) is 35.1 Å². The highest BCUT2D eigenvalue weighted by atomic mass is 16.5. The molecule has 6 N–H and O–H groups in total. The number of anilines is 1. The molecule has 8 nitrogen and oxygen atoms in total. The number of amidine groups is 1. The molecule has 1 aromatic carbocycles. The number of nitriles is 1. The zero-order valence-electron chi connectivity index (χ0n) is 31.1. The first-order chi connectivity index (χ1) is 23.1. The predicted molar refractivity (Wildman–Crippen MR) is 207 cm³/mol. The van der Waals surface area contributed by atoms with E-state index < -0.39 is 0 Å². The third kappa shape index (κ3) is 17.3. The topological polar surface area (TPSA) is 144 Å². The van der Waals surface area contributed by atoms with Crippen molar-refractivity contribution in [3.05, 3.63) is 95.1 Å². The van der Waals surface area contributed by atoms with Crippen molar-refractivity contribution >= 4 is 22.8 Å². The van der Waals surface area contributed by atoms with Gasteiger partial charge in [-0.1, -0.05) is 83.0 Å². The fraction of sp³-hybridized carbons (Fsp3) is 0.450. The highest BCUT2D eigenvalue weighted by molar-refractivity contribution is 6.05. The van der Waals surface area contributed by atoms with Gasteiger partial charge in [0, 0.05) is 24.4 Å². The Balaban J connectivity index is 0.000000738. The number of hydrogen-bond acceptors (Lipinski definition) is 7. The number of nitrogens with zero attached hydrogens (tertiary/aromatic N) is 2. The molecule has 262 valence electrons. The number of allylic oxidation sites excluding steroid dienone is 6. The normalized spacial score (nSPS) is 15.9. The minimum atomic E-state index is -0.114. The average molecular weight is 656 g/mol. The van der Waals surface area contributed by atoms with Crippen molar-refractivity contribution in [2.45, 2.75) is 93.9 Å². The number of nitrogens with one attached hydrogen (secondary N) is 4. The van der Waals surface area contributed by atoms with Crippen LogP contribution in [0.3, 0.4) is 0 Å². The molecule has 0 unspecified atom stereocenters. The Kier molecular flexibility index (Phi) is 23.0. The SMILES string of the molecule is C/C=C\C(=C/C)c1cccc(N/C(=C/C(=N)N)C(C)=N)c1OC.CC.CC1CC(Cc2cccc(C#N)n2)C1.CCC.CNC=C1CC1. The first-order valence-electron chi connectivity index (χ1n) is 17.1. The predicted octanol–water partition coefficient (Wildman–Crippen LogP) is 9.81. The van der Waals surface area contributed by atoms with Gasteiger partial charge in [0.05, 0.1) is 24.2 Å². The number of aromatic nitrogens is 1. The van der Waals surface area contributed by atoms with E-state index in [1.54, 1.807) is 25.7 Å².